The molecule has 1 saturated carbocycles. The van der Waals surface area contributed by atoms with Gasteiger partial charge in [0.25, 0.3) is 0 Å². The maximum atomic E-state index is 13.0. The van der Waals surface area contributed by atoms with Crippen LogP contribution in [0.25, 0.3) is 16.2 Å². The molecule has 4 rings (SSSR count). The number of aromatic nitrogens is 3. The van der Waals surface area contributed by atoms with Crippen LogP contribution >= 0.6 is 11.3 Å². The van der Waals surface area contributed by atoms with Crippen LogP contribution in [0.2, 0.25) is 0 Å². The maximum absolute atomic E-state index is 13.0. The summed E-state index contributed by atoms with van der Waals surface area (Å²) >= 11 is 1.47. The Morgan fingerprint density at radius 2 is 2.09 bits per heavy atom. The molecule has 1 aliphatic rings. The fourth-order valence-corrected chi connectivity index (χ4v) is 3.14. The van der Waals surface area contributed by atoms with Crippen molar-refractivity contribution in [1.82, 2.24) is 14.6 Å². The molecular weight excluding hydrogens is 303 g/mol. The molecule has 1 fully saturated rings. The molecule has 0 amide bonds. The van der Waals surface area contributed by atoms with Gasteiger partial charge in [0.05, 0.1) is 18.5 Å². The Labute approximate surface area is 130 Å². The molecule has 0 radical (unpaired) electrons. The molecule has 2 heterocycles. The predicted molar refractivity (Wildman–Crippen MR) is 83.5 cm³/mol. The Morgan fingerprint density at radius 3 is 2.73 bits per heavy atom. The van der Waals surface area contributed by atoms with E-state index in [4.69, 9.17) is 0 Å². The van der Waals surface area contributed by atoms with Crippen molar-refractivity contribution in [3.63, 3.8) is 0 Å². The van der Waals surface area contributed by atoms with Gasteiger partial charge in [-0.05, 0) is 37.1 Å². The molecule has 2 aromatic heterocycles. The van der Waals surface area contributed by atoms with Crippen molar-refractivity contribution < 1.29 is 9.50 Å². The second kappa shape index (κ2) is 5.03. The lowest BCUT2D eigenvalue weighted by molar-refractivity contribution is 0.220. The van der Waals surface area contributed by atoms with Gasteiger partial charge in [-0.3, -0.25) is 0 Å². The number of rotatable bonds is 5. The molecule has 1 aromatic carbocycles. The minimum Gasteiger partial charge on any atom is -0.396 e. The van der Waals surface area contributed by atoms with Crippen molar-refractivity contribution >= 4 is 21.4 Å². The van der Waals surface area contributed by atoms with E-state index >= 15 is 0 Å². The third kappa shape index (κ3) is 2.46. The number of nitrogens with one attached hydrogen (secondary N) is 1. The Balaban J connectivity index is 1.53. The summed E-state index contributed by atoms with van der Waals surface area (Å²) in [6.07, 6.45) is 3.96. The second-order valence-electron chi connectivity index (χ2n) is 5.78. The largest absolute Gasteiger partial charge is 0.396 e. The zero-order chi connectivity index (χ0) is 15.2. The number of nitrogens with zero attached hydrogens (tertiary/aromatic N) is 3. The van der Waals surface area contributed by atoms with Crippen molar-refractivity contribution in [3.05, 3.63) is 36.3 Å². The molecule has 1 aliphatic carbocycles. The molecule has 7 heteroatoms. The number of aliphatic hydroxyl groups excluding tert-OH is 1. The van der Waals surface area contributed by atoms with E-state index < -0.39 is 0 Å². The van der Waals surface area contributed by atoms with Crippen LogP contribution < -0.4 is 5.32 Å². The molecule has 0 spiro atoms. The highest BCUT2D eigenvalue weighted by molar-refractivity contribution is 7.20. The van der Waals surface area contributed by atoms with E-state index in [-0.39, 0.29) is 17.8 Å². The van der Waals surface area contributed by atoms with Crippen LogP contribution in [0.4, 0.5) is 9.52 Å². The lowest BCUT2D eigenvalue weighted by Crippen LogP contribution is -2.18. The van der Waals surface area contributed by atoms with Gasteiger partial charge in [-0.25, -0.2) is 13.9 Å². The van der Waals surface area contributed by atoms with Gasteiger partial charge >= 0.3 is 0 Å². The Kier molecular flexibility index (Phi) is 3.12. The van der Waals surface area contributed by atoms with Gasteiger partial charge in [-0.1, -0.05) is 11.3 Å². The van der Waals surface area contributed by atoms with E-state index in [1.165, 1.54) is 23.5 Å². The quantitative estimate of drug-likeness (QED) is 0.759. The zero-order valence-corrected chi connectivity index (χ0v) is 12.6. The van der Waals surface area contributed by atoms with Gasteiger partial charge in [-0.2, -0.15) is 0 Å². The molecular formula is C15H15FN4OS. The minimum atomic E-state index is -0.257. The highest BCUT2D eigenvalue weighted by Gasteiger charge is 2.41. The molecule has 114 valence electrons. The summed E-state index contributed by atoms with van der Waals surface area (Å²) in [5, 5.41) is 17.8. The first kappa shape index (κ1) is 13.7. The van der Waals surface area contributed by atoms with E-state index in [9.17, 15) is 9.50 Å². The Bertz CT molecular complexity index is 775. The van der Waals surface area contributed by atoms with Crippen LogP contribution in [-0.4, -0.2) is 32.9 Å². The Morgan fingerprint density at radius 1 is 1.32 bits per heavy atom. The first-order valence-corrected chi connectivity index (χ1v) is 7.96. The van der Waals surface area contributed by atoms with Crippen molar-refractivity contribution in [2.45, 2.75) is 12.8 Å². The van der Waals surface area contributed by atoms with E-state index in [0.717, 1.165) is 40.7 Å². The number of halogens is 1. The highest BCUT2D eigenvalue weighted by atomic mass is 32.1. The van der Waals surface area contributed by atoms with Gasteiger partial charge in [0.1, 0.15) is 5.82 Å². The van der Waals surface area contributed by atoms with Crippen molar-refractivity contribution in [2.24, 2.45) is 5.41 Å². The first-order chi connectivity index (χ1) is 10.7. The van der Waals surface area contributed by atoms with Crippen LogP contribution in [0.3, 0.4) is 0 Å². The molecule has 22 heavy (non-hydrogen) atoms. The number of aliphatic hydroxyl groups is 1. The molecule has 5 nitrogen and oxygen atoms in total. The van der Waals surface area contributed by atoms with Crippen molar-refractivity contribution in [1.29, 1.82) is 0 Å². The van der Waals surface area contributed by atoms with E-state index in [1.807, 2.05) is 6.20 Å². The minimum absolute atomic E-state index is 0.0486. The smallest absolute Gasteiger partial charge is 0.214 e. The standard InChI is InChI=1S/C15H15FN4OS/c16-11-3-1-10(2-4-11)12-7-20-14(18-12)22-13(19-20)17-8-15(9-21)5-6-15/h1-4,7,21H,5-6,8-9H2,(H,17,19). The number of fused-ring (bicyclic) bond motifs is 1. The Hall–Kier alpha value is -1.99. The van der Waals surface area contributed by atoms with Crippen LogP contribution in [0, 0.1) is 11.2 Å². The molecule has 0 saturated heterocycles. The van der Waals surface area contributed by atoms with Crippen LogP contribution in [0.1, 0.15) is 12.8 Å². The number of imidazole rings is 1. The number of anilines is 1. The molecule has 0 atom stereocenters. The van der Waals surface area contributed by atoms with E-state index in [1.54, 1.807) is 16.6 Å². The molecule has 0 aliphatic heterocycles. The maximum Gasteiger partial charge on any atom is 0.214 e. The number of hydrogen-bond donors (Lipinski definition) is 2. The van der Waals surface area contributed by atoms with Gasteiger partial charge < -0.3 is 10.4 Å². The van der Waals surface area contributed by atoms with Gasteiger partial charge in [0.2, 0.25) is 10.1 Å². The average molecular weight is 318 g/mol. The highest BCUT2D eigenvalue weighted by Crippen LogP contribution is 2.45. The average Bonchev–Trinajstić information content (AvgIpc) is 3.05. The van der Waals surface area contributed by atoms with E-state index in [2.05, 4.69) is 15.4 Å². The predicted octanol–water partition coefficient (Wildman–Crippen LogP) is 2.78. The topological polar surface area (TPSA) is 62.5 Å². The third-order valence-corrected chi connectivity index (χ3v) is 4.97. The lowest BCUT2D eigenvalue weighted by Gasteiger charge is -2.10. The monoisotopic (exact) mass is 318 g/mol. The van der Waals surface area contributed by atoms with Crippen LogP contribution in [0.15, 0.2) is 30.5 Å². The summed E-state index contributed by atoms with van der Waals surface area (Å²) < 4.78 is 14.7. The summed E-state index contributed by atoms with van der Waals surface area (Å²) in [7, 11) is 0. The lowest BCUT2D eigenvalue weighted by atomic mass is 10.1. The third-order valence-electron chi connectivity index (χ3n) is 4.09. The SMILES string of the molecule is OCC1(CNc2nn3cc(-c4ccc(F)cc4)nc3s2)CC1. The van der Waals surface area contributed by atoms with Gasteiger partial charge in [0.15, 0.2) is 0 Å². The number of benzene rings is 1. The molecule has 2 N–H and O–H groups in total. The van der Waals surface area contributed by atoms with Crippen molar-refractivity contribution in [2.75, 3.05) is 18.5 Å². The molecule has 0 unspecified atom stereocenters. The summed E-state index contributed by atoms with van der Waals surface area (Å²) in [5.41, 5.74) is 1.69. The fourth-order valence-electron chi connectivity index (χ4n) is 2.36. The molecule has 0 bridgehead atoms. The van der Waals surface area contributed by atoms with Crippen LogP contribution in [0.5, 0.6) is 0 Å². The normalized spacial score (nSPS) is 16.1. The van der Waals surface area contributed by atoms with E-state index in [0.29, 0.717) is 0 Å². The van der Waals surface area contributed by atoms with Gasteiger partial charge in [-0.15, -0.1) is 5.10 Å². The summed E-state index contributed by atoms with van der Waals surface area (Å²) in [6.45, 7) is 0.961. The zero-order valence-electron chi connectivity index (χ0n) is 11.8. The van der Waals surface area contributed by atoms with Gasteiger partial charge in [0, 0.05) is 17.5 Å². The second-order valence-corrected chi connectivity index (χ2v) is 6.74. The van der Waals surface area contributed by atoms with Crippen molar-refractivity contribution in [3.8, 4) is 11.3 Å². The summed E-state index contributed by atoms with van der Waals surface area (Å²) in [5.74, 6) is -0.257. The fraction of sp³-hybridized carbons (Fsp3) is 0.333. The summed E-state index contributed by atoms with van der Waals surface area (Å²) in [6, 6.07) is 6.26. The molecule has 3 aromatic rings. The van der Waals surface area contributed by atoms with Crippen LogP contribution in [-0.2, 0) is 0 Å². The summed E-state index contributed by atoms with van der Waals surface area (Å²) in [4.78, 5) is 5.31. The first-order valence-electron chi connectivity index (χ1n) is 7.14. The number of hydrogen-bond acceptors (Lipinski definition) is 5.